The Hall–Kier alpha value is -0.960. The summed E-state index contributed by atoms with van der Waals surface area (Å²) in [6.45, 7) is 5.90. The number of nitrogens with one attached hydrogen (secondary N) is 1. The third-order valence-electron chi connectivity index (χ3n) is 3.73. The maximum absolute atomic E-state index is 14.3. The van der Waals surface area contributed by atoms with Crippen LogP contribution in [0.3, 0.4) is 0 Å². The highest BCUT2D eigenvalue weighted by Crippen LogP contribution is 2.33. The van der Waals surface area contributed by atoms with Crippen molar-refractivity contribution >= 4 is 0 Å². The van der Waals surface area contributed by atoms with Gasteiger partial charge < -0.3 is 5.32 Å². The fourth-order valence-electron chi connectivity index (χ4n) is 2.80. The summed E-state index contributed by atoms with van der Waals surface area (Å²) in [7, 11) is 1.78. The minimum absolute atomic E-state index is 0.203. The zero-order chi connectivity index (χ0) is 14.4. The van der Waals surface area contributed by atoms with Crippen molar-refractivity contribution in [1.82, 2.24) is 5.32 Å². The van der Waals surface area contributed by atoms with E-state index in [2.05, 4.69) is 19.2 Å². The second-order valence-electron chi connectivity index (χ2n) is 5.20. The molecule has 1 nitrogen and oxygen atoms in total. The molecule has 0 heterocycles. The minimum Gasteiger partial charge on any atom is -0.313 e. The zero-order valence-electron chi connectivity index (χ0n) is 12.4. The summed E-state index contributed by atoms with van der Waals surface area (Å²) in [5.41, 5.74) is 0.706. The van der Waals surface area contributed by atoms with Gasteiger partial charge in [0.05, 0.1) is 0 Å². The molecule has 0 amide bonds. The van der Waals surface area contributed by atoms with Gasteiger partial charge in [0.2, 0.25) is 0 Å². The van der Waals surface area contributed by atoms with E-state index in [4.69, 9.17) is 0 Å². The molecule has 0 fully saturated rings. The molecule has 0 radical (unpaired) electrons. The van der Waals surface area contributed by atoms with Crippen LogP contribution < -0.4 is 5.32 Å². The molecule has 0 spiro atoms. The second kappa shape index (κ2) is 7.59. The summed E-state index contributed by atoms with van der Waals surface area (Å²) in [6, 6.07) is 2.61. The van der Waals surface area contributed by atoms with Gasteiger partial charge in [0.25, 0.3) is 0 Å². The van der Waals surface area contributed by atoms with E-state index < -0.39 is 11.6 Å². The van der Waals surface area contributed by atoms with E-state index in [1.807, 2.05) is 0 Å². The molecule has 0 aliphatic heterocycles. The molecule has 0 bridgehead atoms. The molecule has 1 rings (SSSR count). The molecular formula is C16H25F2N. The quantitative estimate of drug-likeness (QED) is 0.753. The Morgan fingerprint density at radius 1 is 1.11 bits per heavy atom. The van der Waals surface area contributed by atoms with E-state index >= 15 is 0 Å². The van der Waals surface area contributed by atoms with Crippen LogP contribution in [0.25, 0.3) is 0 Å². The zero-order valence-corrected chi connectivity index (χ0v) is 12.4. The Balaban J connectivity index is 3.17. The van der Waals surface area contributed by atoms with E-state index in [0.29, 0.717) is 5.56 Å². The van der Waals surface area contributed by atoms with Crippen molar-refractivity contribution in [2.24, 2.45) is 5.92 Å². The highest BCUT2D eigenvalue weighted by Gasteiger charge is 2.26. The van der Waals surface area contributed by atoms with Crippen LogP contribution in [0.4, 0.5) is 8.78 Å². The summed E-state index contributed by atoms with van der Waals surface area (Å²) in [5.74, 6) is -0.581. The molecule has 1 atom stereocenters. The maximum Gasteiger partial charge on any atom is 0.133 e. The summed E-state index contributed by atoms with van der Waals surface area (Å²) < 4.78 is 28.3. The lowest BCUT2D eigenvalue weighted by Crippen LogP contribution is -2.27. The highest BCUT2D eigenvalue weighted by atomic mass is 19.1. The Labute approximate surface area is 115 Å². The van der Waals surface area contributed by atoms with Gasteiger partial charge in [-0.3, -0.25) is 0 Å². The predicted octanol–water partition coefficient (Wildman–Crippen LogP) is 4.75. The Morgan fingerprint density at radius 3 is 2.16 bits per heavy atom. The Kier molecular flexibility index (Phi) is 6.43. The van der Waals surface area contributed by atoms with E-state index in [1.165, 1.54) is 12.1 Å². The molecule has 0 aliphatic carbocycles. The van der Waals surface area contributed by atoms with Crippen molar-refractivity contribution in [3.63, 3.8) is 0 Å². The van der Waals surface area contributed by atoms with E-state index in [9.17, 15) is 8.78 Å². The van der Waals surface area contributed by atoms with Crippen LogP contribution in [-0.2, 0) is 0 Å². The number of aryl methyl sites for hydroxylation is 1. The van der Waals surface area contributed by atoms with Gasteiger partial charge in [0, 0.05) is 11.6 Å². The normalized spacial score (nSPS) is 13.0. The summed E-state index contributed by atoms with van der Waals surface area (Å²) in [5, 5.41) is 3.12. The molecular weight excluding hydrogens is 244 g/mol. The van der Waals surface area contributed by atoms with E-state index in [0.717, 1.165) is 25.7 Å². The largest absolute Gasteiger partial charge is 0.313 e. The van der Waals surface area contributed by atoms with Crippen LogP contribution in [0, 0.1) is 24.5 Å². The number of benzene rings is 1. The van der Waals surface area contributed by atoms with Gasteiger partial charge >= 0.3 is 0 Å². The lowest BCUT2D eigenvalue weighted by atomic mass is 9.85. The molecule has 0 aromatic heterocycles. The standard InChI is InChI=1S/C16H25F2N/c1-5-7-12(8-6-2)16(19-4)14-13(17)10-9-11(3)15(14)18/h9-10,12,16,19H,5-8H2,1-4H3. The van der Waals surface area contributed by atoms with Crippen molar-refractivity contribution < 1.29 is 8.78 Å². The van der Waals surface area contributed by atoms with Crippen LogP contribution in [0.2, 0.25) is 0 Å². The first-order valence-electron chi connectivity index (χ1n) is 7.18. The van der Waals surface area contributed by atoms with Gasteiger partial charge in [-0.2, -0.15) is 0 Å². The minimum atomic E-state index is -0.445. The van der Waals surface area contributed by atoms with Gasteiger partial charge in [-0.05, 0) is 44.4 Å². The first kappa shape index (κ1) is 16.1. The molecule has 1 unspecified atom stereocenters. The van der Waals surface area contributed by atoms with Crippen molar-refractivity contribution in [2.75, 3.05) is 7.05 Å². The Morgan fingerprint density at radius 2 is 1.68 bits per heavy atom. The molecule has 1 aromatic rings. The van der Waals surface area contributed by atoms with Crippen LogP contribution in [0.5, 0.6) is 0 Å². The number of rotatable bonds is 7. The summed E-state index contributed by atoms with van der Waals surface area (Å²) in [6.07, 6.45) is 4.01. The van der Waals surface area contributed by atoms with Crippen LogP contribution in [0.15, 0.2) is 12.1 Å². The first-order chi connectivity index (χ1) is 9.06. The van der Waals surface area contributed by atoms with Gasteiger partial charge in [-0.25, -0.2) is 8.78 Å². The van der Waals surface area contributed by atoms with Gasteiger partial charge in [-0.15, -0.1) is 0 Å². The van der Waals surface area contributed by atoms with Crippen LogP contribution >= 0.6 is 0 Å². The van der Waals surface area contributed by atoms with Crippen LogP contribution in [-0.4, -0.2) is 7.05 Å². The van der Waals surface area contributed by atoms with Crippen molar-refractivity contribution in [2.45, 2.75) is 52.5 Å². The summed E-state index contributed by atoms with van der Waals surface area (Å²) >= 11 is 0. The van der Waals surface area contributed by atoms with Gasteiger partial charge in [-0.1, -0.05) is 32.8 Å². The van der Waals surface area contributed by atoms with Gasteiger partial charge in [0.15, 0.2) is 0 Å². The SMILES string of the molecule is CCCC(CCC)C(NC)c1c(F)ccc(C)c1F. The molecule has 0 aliphatic rings. The first-order valence-corrected chi connectivity index (χ1v) is 7.18. The van der Waals surface area contributed by atoms with Crippen molar-refractivity contribution in [1.29, 1.82) is 0 Å². The van der Waals surface area contributed by atoms with E-state index in [-0.39, 0.29) is 17.5 Å². The molecule has 1 N–H and O–H groups in total. The topological polar surface area (TPSA) is 12.0 Å². The lowest BCUT2D eigenvalue weighted by molar-refractivity contribution is 0.314. The van der Waals surface area contributed by atoms with Crippen molar-refractivity contribution in [3.05, 3.63) is 34.9 Å². The monoisotopic (exact) mass is 269 g/mol. The lowest BCUT2D eigenvalue weighted by Gasteiger charge is -2.28. The Bertz CT molecular complexity index is 398. The predicted molar refractivity (Wildman–Crippen MR) is 76.2 cm³/mol. The third-order valence-corrected chi connectivity index (χ3v) is 3.73. The number of halogens is 2. The average Bonchev–Trinajstić information content (AvgIpc) is 2.39. The number of hydrogen-bond acceptors (Lipinski definition) is 1. The van der Waals surface area contributed by atoms with Crippen molar-refractivity contribution in [3.8, 4) is 0 Å². The van der Waals surface area contributed by atoms with Gasteiger partial charge in [0.1, 0.15) is 11.6 Å². The molecule has 1 aromatic carbocycles. The average molecular weight is 269 g/mol. The second-order valence-corrected chi connectivity index (χ2v) is 5.20. The maximum atomic E-state index is 14.3. The smallest absolute Gasteiger partial charge is 0.133 e. The van der Waals surface area contributed by atoms with E-state index in [1.54, 1.807) is 14.0 Å². The summed E-state index contributed by atoms with van der Waals surface area (Å²) in [4.78, 5) is 0. The highest BCUT2D eigenvalue weighted by molar-refractivity contribution is 5.29. The third kappa shape index (κ3) is 3.75. The molecule has 3 heteroatoms. The number of hydrogen-bond donors (Lipinski definition) is 1. The molecule has 108 valence electrons. The molecule has 0 saturated heterocycles. The fraction of sp³-hybridized carbons (Fsp3) is 0.625. The molecule has 19 heavy (non-hydrogen) atoms. The molecule has 0 saturated carbocycles. The fourth-order valence-corrected chi connectivity index (χ4v) is 2.80. The van der Waals surface area contributed by atoms with Crippen LogP contribution in [0.1, 0.15) is 56.7 Å².